The number of nitrogens with one attached hydrogen (secondary N) is 1. The molecule has 0 aliphatic heterocycles. The molecule has 110 valence electrons. The summed E-state index contributed by atoms with van der Waals surface area (Å²) in [5, 5.41) is 11.8. The minimum atomic E-state index is -1.07. The second kappa shape index (κ2) is 5.94. The molecule has 0 aliphatic carbocycles. The van der Waals surface area contributed by atoms with Crippen molar-refractivity contribution in [2.75, 3.05) is 12.4 Å². The van der Waals surface area contributed by atoms with E-state index in [9.17, 15) is 9.59 Å². The molecule has 1 rings (SSSR count). The predicted molar refractivity (Wildman–Crippen MR) is 77.2 cm³/mol. The Morgan fingerprint density at radius 1 is 1.30 bits per heavy atom. The Kier molecular flexibility index (Phi) is 4.76. The standard InChI is InChI=1S/C15H21NO4/c1-9(15(2,3)4)13(17)16-10-6-7-11(14(18)19)12(8-10)20-5/h6-9H,1-5H3,(H,16,17)(H,18,19). The summed E-state index contributed by atoms with van der Waals surface area (Å²) in [5.74, 6) is -1.13. The first-order chi connectivity index (χ1) is 9.16. The number of carbonyl (C=O) groups excluding carboxylic acids is 1. The number of amides is 1. The molecule has 1 amide bonds. The van der Waals surface area contributed by atoms with Crippen LogP contribution in [0.25, 0.3) is 0 Å². The lowest BCUT2D eigenvalue weighted by Crippen LogP contribution is -2.30. The normalized spacial score (nSPS) is 12.7. The molecule has 1 aromatic carbocycles. The minimum Gasteiger partial charge on any atom is -0.496 e. The van der Waals surface area contributed by atoms with E-state index in [1.807, 2.05) is 27.7 Å². The molecule has 1 aromatic rings. The summed E-state index contributed by atoms with van der Waals surface area (Å²) in [6.07, 6.45) is 0. The van der Waals surface area contributed by atoms with Crippen molar-refractivity contribution in [2.24, 2.45) is 11.3 Å². The maximum Gasteiger partial charge on any atom is 0.339 e. The van der Waals surface area contributed by atoms with Gasteiger partial charge in [-0.05, 0) is 17.5 Å². The SMILES string of the molecule is COc1cc(NC(=O)C(C)C(C)(C)C)ccc1C(=O)O. The molecule has 1 unspecified atom stereocenters. The summed E-state index contributed by atoms with van der Waals surface area (Å²) in [6.45, 7) is 7.83. The Bertz CT molecular complexity index is 517. The van der Waals surface area contributed by atoms with E-state index in [-0.39, 0.29) is 28.6 Å². The molecular formula is C15H21NO4. The monoisotopic (exact) mass is 279 g/mol. The number of ether oxygens (including phenoxy) is 1. The van der Waals surface area contributed by atoms with Gasteiger partial charge in [0, 0.05) is 17.7 Å². The molecule has 1 atom stereocenters. The summed E-state index contributed by atoms with van der Waals surface area (Å²) in [4.78, 5) is 23.1. The van der Waals surface area contributed by atoms with E-state index < -0.39 is 5.97 Å². The van der Waals surface area contributed by atoms with Gasteiger partial charge < -0.3 is 15.2 Å². The lowest BCUT2D eigenvalue weighted by atomic mass is 9.81. The van der Waals surface area contributed by atoms with Crippen LogP contribution in [0, 0.1) is 11.3 Å². The molecule has 0 radical (unpaired) electrons. The molecule has 0 aromatic heterocycles. The lowest BCUT2D eigenvalue weighted by molar-refractivity contribution is -0.122. The van der Waals surface area contributed by atoms with Crippen molar-refractivity contribution in [1.82, 2.24) is 0 Å². The summed E-state index contributed by atoms with van der Waals surface area (Å²) in [6, 6.07) is 4.48. The van der Waals surface area contributed by atoms with Gasteiger partial charge in [0.15, 0.2) is 0 Å². The van der Waals surface area contributed by atoms with Gasteiger partial charge in [-0.1, -0.05) is 27.7 Å². The number of hydrogen-bond donors (Lipinski definition) is 2. The van der Waals surface area contributed by atoms with E-state index in [2.05, 4.69) is 5.32 Å². The highest BCUT2D eigenvalue weighted by molar-refractivity contribution is 5.95. The fourth-order valence-electron chi connectivity index (χ4n) is 1.59. The van der Waals surface area contributed by atoms with Crippen LogP contribution in [0.3, 0.4) is 0 Å². The molecule has 0 spiro atoms. The van der Waals surface area contributed by atoms with Crippen LogP contribution in [0.4, 0.5) is 5.69 Å². The number of methoxy groups -OCH3 is 1. The number of carboxylic acid groups (broad SMARTS) is 1. The largest absolute Gasteiger partial charge is 0.496 e. The number of carboxylic acids is 1. The highest BCUT2D eigenvalue weighted by Gasteiger charge is 2.27. The first kappa shape index (κ1) is 16.0. The van der Waals surface area contributed by atoms with Crippen LogP contribution in [-0.2, 0) is 4.79 Å². The Morgan fingerprint density at radius 2 is 1.90 bits per heavy atom. The van der Waals surface area contributed by atoms with Crippen molar-refractivity contribution < 1.29 is 19.4 Å². The minimum absolute atomic E-state index is 0.0642. The quantitative estimate of drug-likeness (QED) is 0.888. The van der Waals surface area contributed by atoms with Gasteiger partial charge in [-0.2, -0.15) is 0 Å². The average molecular weight is 279 g/mol. The molecule has 20 heavy (non-hydrogen) atoms. The van der Waals surface area contributed by atoms with Gasteiger partial charge in [0.1, 0.15) is 11.3 Å². The Labute approximate surface area is 118 Å². The Morgan fingerprint density at radius 3 is 2.35 bits per heavy atom. The molecule has 0 heterocycles. The second-order valence-corrected chi connectivity index (χ2v) is 5.80. The van der Waals surface area contributed by atoms with E-state index in [0.717, 1.165) is 0 Å². The lowest BCUT2D eigenvalue weighted by Gasteiger charge is -2.26. The van der Waals surface area contributed by atoms with Crippen molar-refractivity contribution >= 4 is 17.6 Å². The second-order valence-electron chi connectivity index (χ2n) is 5.80. The molecule has 2 N–H and O–H groups in total. The smallest absolute Gasteiger partial charge is 0.339 e. The van der Waals surface area contributed by atoms with Crippen LogP contribution < -0.4 is 10.1 Å². The highest BCUT2D eigenvalue weighted by atomic mass is 16.5. The van der Waals surface area contributed by atoms with Crippen LogP contribution in [0.2, 0.25) is 0 Å². The third-order valence-electron chi connectivity index (χ3n) is 3.39. The Hall–Kier alpha value is -2.04. The van der Waals surface area contributed by atoms with Crippen LogP contribution in [0.1, 0.15) is 38.1 Å². The third-order valence-corrected chi connectivity index (χ3v) is 3.39. The number of carbonyl (C=O) groups is 2. The Balaban J connectivity index is 2.94. The molecule has 0 aliphatic rings. The number of aromatic carboxylic acids is 1. The fraction of sp³-hybridized carbons (Fsp3) is 0.467. The zero-order valence-corrected chi connectivity index (χ0v) is 12.5. The van der Waals surface area contributed by atoms with Crippen LogP contribution in [-0.4, -0.2) is 24.1 Å². The molecule has 0 bridgehead atoms. The van der Waals surface area contributed by atoms with Gasteiger partial charge >= 0.3 is 5.97 Å². The van der Waals surface area contributed by atoms with E-state index in [4.69, 9.17) is 9.84 Å². The van der Waals surface area contributed by atoms with Crippen molar-refractivity contribution in [3.8, 4) is 5.75 Å². The zero-order valence-electron chi connectivity index (χ0n) is 12.5. The molecule has 0 fully saturated rings. The zero-order chi connectivity index (χ0) is 15.5. The van der Waals surface area contributed by atoms with Crippen LogP contribution in [0.15, 0.2) is 18.2 Å². The van der Waals surface area contributed by atoms with Crippen LogP contribution in [0.5, 0.6) is 5.75 Å². The number of anilines is 1. The third kappa shape index (κ3) is 3.73. The van der Waals surface area contributed by atoms with E-state index >= 15 is 0 Å². The first-order valence-corrected chi connectivity index (χ1v) is 6.39. The van der Waals surface area contributed by atoms with Gasteiger partial charge in [0.2, 0.25) is 5.91 Å². The van der Waals surface area contributed by atoms with E-state index in [0.29, 0.717) is 5.69 Å². The van der Waals surface area contributed by atoms with Crippen molar-refractivity contribution in [3.63, 3.8) is 0 Å². The summed E-state index contributed by atoms with van der Waals surface area (Å²) in [5.41, 5.74) is 0.442. The topological polar surface area (TPSA) is 75.6 Å². The van der Waals surface area contributed by atoms with Gasteiger partial charge in [0.25, 0.3) is 0 Å². The van der Waals surface area contributed by atoms with E-state index in [1.54, 1.807) is 6.07 Å². The molecular weight excluding hydrogens is 258 g/mol. The highest BCUT2D eigenvalue weighted by Crippen LogP contribution is 2.28. The average Bonchev–Trinajstić information content (AvgIpc) is 2.36. The van der Waals surface area contributed by atoms with Gasteiger partial charge in [0.05, 0.1) is 7.11 Å². The van der Waals surface area contributed by atoms with Crippen molar-refractivity contribution in [3.05, 3.63) is 23.8 Å². The number of rotatable bonds is 4. The molecule has 5 nitrogen and oxygen atoms in total. The molecule has 5 heteroatoms. The number of benzene rings is 1. The van der Waals surface area contributed by atoms with Gasteiger partial charge in [-0.3, -0.25) is 4.79 Å². The summed E-state index contributed by atoms with van der Waals surface area (Å²) >= 11 is 0. The fourth-order valence-corrected chi connectivity index (χ4v) is 1.59. The van der Waals surface area contributed by atoms with Gasteiger partial charge in [-0.15, -0.1) is 0 Å². The summed E-state index contributed by atoms with van der Waals surface area (Å²) in [7, 11) is 1.39. The predicted octanol–water partition coefficient (Wildman–Crippen LogP) is 3.01. The maximum absolute atomic E-state index is 12.1. The summed E-state index contributed by atoms with van der Waals surface area (Å²) < 4.78 is 5.02. The van der Waals surface area contributed by atoms with Crippen molar-refractivity contribution in [2.45, 2.75) is 27.7 Å². The first-order valence-electron chi connectivity index (χ1n) is 6.39. The molecule has 0 saturated heterocycles. The van der Waals surface area contributed by atoms with Gasteiger partial charge in [-0.25, -0.2) is 4.79 Å². The van der Waals surface area contributed by atoms with Crippen LogP contribution >= 0.6 is 0 Å². The number of hydrogen-bond acceptors (Lipinski definition) is 3. The van der Waals surface area contributed by atoms with E-state index in [1.165, 1.54) is 19.2 Å². The molecule has 0 saturated carbocycles. The maximum atomic E-state index is 12.1. The van der Waals surface area contributed by atoms with Crippen molar-refractivity contribution in [1.29, 1.82) is 0 Å².